The lowest BCUT2D eigenvalue weighted by Crippen LogP contribution is -2.37. The highest BCUT2D eigenvalue weighted by Crippen LogP contribution is 2.14. The van der Waals surface area contributed by atoms with Crippen LogP contribution < -0.4 is 11.1 Å². The number of piperidine rings is 1. The lowest BCUT2D eigenvalue weighted by Gasteiger charge is -2.28. The summed E-state index contributed by atoms with van der Waals surface area (Å²) >= 11 is 0. The van der Waals surface area contributed by atoms with E-state index in [1.54, 1.807) is 12.1 Å². The van der Waals surface area contributed by atoms with Gasteiger partial charge >= 0.3 is 0 Å². The number of nitrogens with zero attached hydrogens (tertiary/aromatic N) is 2. The molecule has 1 aromatic heterocycles. The number of aromatic nitrogens is 1. The van der Waals surface area contributed by atoms with Crippen LogP contribution in [0.4, 0.5) is 5.69 Å². The van der Waals surface area contributed by atoms with E-state index >= 15 is 0 Å². The molecule has 98 valence electrons. The van der Waals surface area contributed by atoms with E-state index in [1.165, 1.54) is 6.20 Å². The van der Waals surface area contributed by atoms with E-state index in [4.69, 9.17) is 5.73 Å². The highest BCUT2D eigenvalue weighted by molar-refractivity contribution is 5.92. The van der Waals surface area contributed by atoms with E-state index in [0.29, 0.717) is 17.3 Å². The van der Waals surface area contributed by atoms with Crippen molar-refractivity contribution in [2.45, 2.75) is 12.8 Å². The number of hydrogen-bond donors (Lipinski definition) is 2. The first kappa shape index (κ1) is 12.8. The molecule has 0 aromatic carbocycles. The largest absolute Gasteiger partial charge is 0.397 e. The van der Waals surface area contributed by atoms with Crippen LogP contribution in [0.1, 0.15) is 23.3 Å². The second-order valence-corrected chi connectivity index (χ2v) is 4.93. The molecule has 3 N–H and O–H groups in total. The van der Waals surface area contributed by atoms with E-state index in [-0.39, 0.29) is 5.91 Å². The molecule has 0 atom stereocenters. The van der Waals surface area contributed by atoms with Crippen LogP contribution in [0.5, 0.6) is 0 Å². The van der Waals surface area contributed by atoms with Crippen LogP contribution >= 0.6 is 0 Å². The summed E-state index contributed by atoms with van der Waals surface area (Å²) in [6, 6.07) is 3.34. The molecule has 5 heteroatoms. The zero-order chi connectivity index (χ0) is 13.0. The summed E-state index contributed by atoms with van der Waals surface area (Å²) in [5.74, 6) is 0.466. The molecule has 2 heterocycles. The van der Waals surface area contributed by atoms with Crippen molar-refractivity contribution >= 4 is 11.6 Å². The number of nitrogens with one attached hydrogen (secondary N) is 1. The maximum atomic E-state index is 11.8. The molecule has 0 unspecified atom stereocenters. The molecular weight excluding hydrogens is 228 g/mol. The lowest BCUT2D eigenvalue weighted by atomic mass is 9.97. The predicted octanol–water partition coefficient (Wildman–Crippen LogP) is 0.735. The van der Waals surface area contributed by atoms with Gasteiger partial charge in [0.15, 0.2) is 0 Å². The van der Waals surface area contributed by atoms with Crippen molar-refractivity contribution in [2.24, 2.45) is 5.92 Å². The fourth-order valence-electron chi connectivity index (χ4n) is 2.13. The fraction of sp³-hybridized carbons (Fsp3) is 0.538. The van der Waals surface area contributed by atoms with Crippen molar-refractivity contribution in [1.82, 2.24) is 15.2 Å². The Balaban J connectivity index is 1.79. The van der Waals surface area contributed by atoms with Crippen molar-refractivity contribution in [2.75, 3.05) is 32.4 Å². The number of amides is 1. The van der Waals surface area contributed by atoms with Gasteiger partial charge in [0.1, 0.15) is 5.69 Å². The minimum Gasteiger partial charge on any atom is -0.397 e. The third kappa shape index (κ3) is 3.43. The molecular formula is C13H20N4O. The fourth-order valence-corrected chi connectivity index (χ4v) is 2.13. The minimum atomic E-state index is -0.117. The summed E-state index contributed by atoms with van der Waals surface area (Å²) in [4.78, 5) is 18.2. The Morgan fingerprint density at radius 2 is 2.22 bits per heavy atom. The number of pyridine rings is 1. The van der Waals surface area contributed by atoms with Crippen molar-refractivity contribution < 1.29 is 4.79 Å². The second-order valence-electron chi connectivity index (χ2n) is 4.93. The van der Waals surface area contributed by atoms with Crippen LogP contribution in [0, 0.1) is 5.92 Å². The first-order valence-corrected chi connectivity index (χ1v) is 6.33. The molecule has 1 aliphatic rings. The summed E-state index contributed by atoms with van der Waals surface area (Å²) in [5.41, 5.74) is 6.53. The molecule has 0 radical (unpaired) electrons. The number of carbonyl (C=O) groups is 1. The molecule has 0 saturated carbocycles. The second kappa shape index (κ2) is 5.82. The smallest absolute Gasteiger partial charge is 0.269 e. The number of likely N-dealkylation sites (tertiary alicyclic amines) is 1. The van der Waals surface area contributed by atoms with Crippen LogP contribution in [0.3, 0.4) is 0 Å². The molecule has 1 fully saturated rings. The van der Waals surface area contributed by atoms with E-state index in [0.717, 1.165) is 32.5 Å². The molecule has 1 aliphatic heterocycles. The Labute approximate surface area is 107 Å². The summed E-state index contributed by atoms with van der Waals surface area (Å²) < 4.78 is 0. The van der Waals surface area contributed by atoms with Gasteiger partial charge in [0.25, 0.3) is 5.91 Å². The summed E-state index contributed by atoms with van der Waals surface area (Å²) in [7, 11) is 2.13. The van der Waals surface area contributed by atoms with Crippen molar-refractivity contribution in [3.8, 4) is 0 Å². The standard InChI is InChI=1S/C13H20N4O/c1-17-6-4-10(5-7-17)8-16-13(18)12-3-2-11(14)9-15-12/h2-3,9-10H,4-8,14H2,1H3,(H,16,18). The molecule has 0 spiro atoms. The van der Waals surface area contributed by atoms with Crippen LogP contribution in [0.2, 0.25) is 0 Å². The third-order valence-electron chi connectivity index (χ3n) is 3.41. The number of hydrogen-bond acceptors (Lipinski definition) is 4. The van der Waals surface area contributed by atoms with Gasteiger partial charge in [-0.1, -0.05) is 0 Å². The molecule has 18 heavy (non-hydrogen) atoms. The van der Waals surface area contributed by atoms with Gasteiger partial charge in [-0.25, -0.2) is 4.98 Å². The highest BCUT2D eigenvalue weighted by atomic mass is 16.1. The number of nitrogen functional groups attached to an aromatic ring is 1. The Hall–Kier alpha value is -1.62. The Bertz CT molecular complexity index is 396. The summed E-state index contributed by atoms with van der Waals surface area (Å²) in [6.07, 6.45) is 3.79. The number of rotatable bonds is 3. The van der Waals surface area contributed by atoms with Crippen LogP contribution in [0.15, 0.2) is 18.3 Å². The summed E-state index contributed by atoms with van der Waals surface area (Å²) in [6.45, 7) is 2.96. The maximum absolute atomic E-state index is 11.8. The highest BCUT2D eigenvalue weighted by Gasteiger charge is 2.17. The monoisotopic (exact) mass is 248 g/mol. The zero-order valence-electron chi connectivity index (χ0n) is 10.7. The van der Waals surface area contributed by atoms with Gasteiger partial charge in [-0.2, -0.15) is 0 Å². The van der Waals surface area contributed by atoms with E-state index < -0.39 is 0 Å². The minimum absolute atomic E-state index is 0.117. The molecule has 5 nitrogen and oxygen atoms in total. The normalized spacial score (nSPS) is 17.6. The van der Waals surface area contributed by atoms with Gasteiger partial charge in [0.2, 0.25) is 0 Å². The number of anilines is 1. The van der Waals surface area contributed by atoms with Crippen molar-refractivity contribution in [3.05, 3.63) is 24.0 Å². The number of carbonyl (C=O) groups excluding carboxylic acids is 1. The van der Waals surface area contributed by atoms with Crippen molar-refractivity contribution in [3.63, 3.8) is 0 Å². The van der Waals surface area contributed by atoms with Crippen LogP contribution in [-0.4, -0.2) is 42.5 Å². The Kier molecular flexibility index (Phi) is 4.15. The first-order valence-electron chi connectivity index (χ1n) is 6.33. The third-order valence-corrected chi connectivity index (χ3v) is 3.41. The van der Waals surface area contributed by atoms with E-state index in [2.05, 4.69) is 22.2 Å². The topological polar surface area (TPSA) is 71.2 Å². The van der Waals surface area contributed by atoms with Gasteiger partial charge < -0.3 is 16.0 Å². The summed E-state index contributed by atoms with van der Waals surface area (Å²) in [5, 5.41) is 2.94. The van der Waals surface area contributed by atoms with E-state index in [1.807, 2.05) is 0 Å². The Morgan fingerprint density at radius 3 is 2.83 bits per heavy atom. The van der Waals surface area contributed by atoms with Crippen molar-refractivity contribution in [1.29, 1.82) is 0 Å². The predicted molar refractivity (Wildman–Crippen MR) is 71.2 cm³/mol. The quantitative estimate of drug-likeness (QED) is 0.827. The van der Waals surface area contributed by atoms with Gasteiger partial charge in [-0.15, -0.1) is 0 Å². The molecule has 1 saturated heterocycles. The molecule has 1 aromatic rings. The van der Waals surface area contributed by atoms with Crippen LogP contribution in [0.25, 0.3) is 0 Å². The molecule has 0 bridgehead atoms. The molecule has 2 rings (SSSR count). The molecule has 1 amide bonds. The molecule has 0 aliphatic carbocycles. The van der Waals surface area contributed by atoms with Gasteiger partial charge in [0, 0.05) is 6.54 Å². The van der Waals surface area contributed by atoms with Gasteiger partial charge in [-0.05, 0) is 51.0 Å². The van der Waals surface area contributed by atoms with Crippen LogP contribution in [-0.2, 0) is 0 Å². The SMILES string of the molecule is CN1CCC(CNC(=O)c2ccc(N)cn2)CC1. The Morgan fingerprint density at radius 1 is 1.50 bits per heavy atom. The van der Waals surface area contributed by atoms with Gasteiger partial charge in [0.05, 0.1) is 11.9 Å². The van der Waals surface area contributed by atoms with E-state index in [9.17, 15) is 4.79 Å². The number of nitrogens with two attached hydrogens (primary N) is 1. The average Bonchev–Trinajstić information content (AvgIpc) is 2.38. The maximum Gasteiger partial charge on any atom is 0.269 e. The van der Waals surface area contributed by atoms with Gasteiger partial charge in [-0.3, -0.25) is 4.79 Å². The zero-order valence-corrected chi connectivity index (χ0v) is 10.7. The first-order chi connectivity index (χ1) is 8.65. The lowest BCUT2D eigenvalue weighted by molar-refractivity contribution is 0.0934. The average molecular weight is 248 g/mol.